The normalized spacial score (nSPS) is 19.0. The van der Waals surface area contributed by atoms with Crippen LogP contribution in [0.1, 0.15) is 6.42 Å². The second kappa shape index (κ2) is 6.13. The second-order valence-electron chi connectivity index (χ2n) is 3.95. The van der Waals surface area contributed by atoms with Crippen LogP contribution in [0.4, 0.5) is 14.5 Å². The van der Waals surface area contributed by atoms with Gasteiger partial charge in [-0.1, -0.05) is 0 Å². The summed E-state index contributed by atoms with van der Waals surface area (Å²) in [6.45, 7) is -2.85. The first-order valence-electron chi connectivity index (χ1n) is 5.66. The molecule has 1 aliphatic rings. The molecule has 0 aromatic heterocycles. The van der Waals surface area contributed by atoms with E-state index in [1.54, 1.807) is 18.2 Å². The van der Waals surface area contributed by atoms with Crippen molar-refractivity contribution in [3.63, 3.8) is 0 Å². The summed E-state index contributed by atoms with van der Waals surface area (Å²) in [4.78, 5) is 0. The molecule has 0 aliphatic carbocycles. The minimum atomic E-state index is -2.85. The number of alkyl halides is 2. The van der Waals surface area contributed by atoms with Gasteiger partial charge in [0, 0.05) is 23.5 Å². The van der Waals surface area contributed by atoms with Gasteiger partial charge in [0.05, 0.1) is 7.11 Å². The first-order valence-corrected chi connectivity index (χ1v) is 6.81. The van der Waals surface area contributed by atoms with Crippen molar-refractivity contribution >= 4 is 17.4 Å². The highest BCUT2D eigenvalue weighted by molar-refractivity contribution is 7.99. The lowest BCUT2D eigenvalue weighted by Gasteiger charge is -2.15. The Morgan fingerprint density at radius 2 is 2.22 bits per heavy atom. The lowest BCUT2D eigenvalue weighted by Crippen LogP contribution is -2.18. The Bertz CT molecular complexity index is 398. The Hall–Kier alpha value is -1.17. The number of ether oxygens (including phenoxy) is 2. The molecule has 0 bridgehead atoms. The Kier molecular flexibility index (Phi) is 4.52. The molecule has 0 spiro atoms. The third-order valence-corrected chi connectivity index (χ3v) is 3.84. The molecule has 1 aliphatic heterocycles. The van der Waals surface area contributed by atoms with Crippen LogP contribution in [0.3, 0.4) is 0 Å². The van der Waals surface area contributed by atoms with Gasteiger partial charge >= 0.3 is 6.61 Å². The molecule has 1 unspecified atom stereocenters. The van der Waals surface area contributed by atoms with Gasteiger partial charge in [-0.15, -0.1) is 0 Å². The monoisotopic (exact) mass is 275 g/mol. The number of anilines is 1. The third kappa shape index (κ3) is 3.41. The SMILES string of the molecule is COc1ccc(NC2CCSC2)cc1OC(F)F. The van der Waals surface area contributed by atoms with Crippen molar-refractivity contribution in [3.05, 3.63) is 18.2 Å². The molecule has 0 amide bonds. The summed E-state index contributed by atoms with van der Waals surface area (Å²) in [5.41, 5.74) is 0.777. The molecule has 1 aromatic rings. The zero-order valence-corrected chi connectivity index (χ0v) is 10.8. The van der Waals surface area contributed by atoms with E-state index in [1.807, 2.05) is 11.8 Å². The van der Waals surface area contributed by atoms with Crippen LogP contribution in [-0.4, -0.2) is 31.3 Å². The van der Waals surface area contributed by atoms with Crippen LogP contribution >= 0.6 is 11.8 Å². The maximum Gasteiger partial charge on any atom is 0.387 e. The Labute approximate surface area is 109 Å². The van der Waals surface area contributed by atoms with E-state index in [0.717, 1.165) is 23.6 Å². The predicted molar refractivity (Wildman–Crippen MR) is 69.0 cm³/mol. The van der Waals surface area contributed by atoms with Crippen LogP contribution in [0, 0.1) is 0 Å². The molecular weight excluding hydrogens is 260 g/mol. The van der Waals surface area contributed by atoms with Crippen LogP contribution in [0.2, 0.25) is 0 Å². The Morgan fingerprint density at radius 1 is 1.39 bits per heavy atom. The number of thioether (sulfide) groups is 1. The fraction of sp³-hybridized carbons (Fsp3) is 0.500. The van der Waals surface area contributed by atoms with Crippen LogP contribution in [0.5, 0.6) is 11.5 Å². The van der Waals surface area contributed by atoms with E-state index in [-0.39, 0.29) is 5.75 Å². The standard InChI is InChI=1S/C12H15F2NO2S/c1-16-10-3-2-8(6-11(10)17-12(13)14)15-9-4-5-18-7-9/h2-3,6,9,12,15H,4-5,7H2,1H3. The lowest BCUT2D eigenvalue weighted by atomic mass is 10.2. The highest BCUT2D eigenvalue weighted by Crippen LogP contribution is 2.32. The molecule has 6 heteroatoms. The topological polar surface area (TPSA) is 30.5 Å². The fourth-order valence-electron chi connectivity index (χ4n) is 1.84. The summed E-state index contributed by atoms with van der Waals surface area (Å²) in [6.07, 6.45) is 1.09. The molecule has 2 rings (SSSR count). The van der Waals surface area contributed by atoms with Crippen molar-refractivity contribution in [1.29, 1.82) is 0 Å². The molecule has 0 saturated carbocycles. The van der Waals surface area contributed by atoms with Gasteiger partial charge in [0.25, 0.3) is 0 Å². The predicted octanol–water partition coefficient (Wildman–Crippen LogP) is 3.21. The summed E-state index contributed by atoms with van der Waals surface area (Å²) in [6, 6.07) is 5.37. The first kappa shape index (κ1) is 13.3. The number of hydrogen-bond acceptors (Lipinski definition) is 4. The van der Waals surface area contributed by atoms with Crippen molar-refractivity contribution in [2.75, 3.05) is 23.9 Å². The number of nitrogens with one attached hydrogen (secondary N) is 1. The van der Waals surface area contributed by atoms with E-state index in [2.05, 4.69) is 10.1 Å². The number of halogens is 2. The molecule has 1 heterocycles. The summed E-state index contributed by atoms with van der Waals surface area (Å²) in [7, 11) is 1.42. The van der Waals surface area contributed by atoms with Crippen LogP contribution in [0.25, 0.3) is 0 Å². The summed E-state index contributed by atoms with van der Waals surface area (Å²) < 4.78 is 34.0. The maximum absolute atomic E-state index is 12.3. The van der Waals surface area contributed by atoms with Crippen molar-refractivity contribution in [2.24, 2.45) is 0 Å². The number of methoxy groups -OCH3 is 1. The number of benzene rings is 1. The average Bonchev–Trinajstić information content (AvgIpc) is 2.81. The highest BCUT2D eigenvalue weighted by Gasteiger charge is 2.16. The summed E-state index contributed by atoms with van der Waals surface area (Å²) in [5, 5.41) is 3.30. The molecule has 100 valence electrons. The maximum atomic E-state index is 12.3. The van der Waals surface area contributed by atoms with E-state index in [4.69, 9.17) is 4.74 Å². The molecule has 1 fully saturated rings. The van der Waals surface area contributed by atoms with E-state index in [0.29, 0.717) is 11.8 Å². The molecule has 1 N–H and O–H groups in total. The average molecular weight is 275 g/mol. The largest absolute Gasteiger partial charge is 0.493 e. The molecule has 3 nitrogen and oxygen atoms in total. The van der Waals surface area contributed by atoms with E-state index < -0.39 is 6.61 Å². The van der Waals surface area contributed by atoms with E-state index in [1.165, 1.54) is 7.11 Å². The quantitative estimate of drug-likeness (QED) is 0.894. The Morgan fingerprint density at radius 3 is 2.83 bits per heavy atom. The van der Waals surface area contributed by atoms with E-state index >= 15 is 0 Å². The van der Waals surface area contributed by atoms with Crippen molar-refractivity contribution < 1.29 is 18.3 Å². The van der Waals surface area contributed by atoms with Gasteiger partial charge < -0.3 is 14.8 Å². The molecule has 0 radical (unpaired) electrons. The van der Waals surface area contributed by atoms with Crippen molar-refractivity contribution in [2.45, 2.75) is 19.1 Å². The molecule has 1 atom stereocenters. The van der Waals surface area contributed by atoms with Gasteiger partial charge in [0.2, 0.25) is 0 Å². The van der Waals surface area contributed by atoms with Crippen LogP contribution in [0.15, 0.2) is 18.2 Å². The number of hydrogen-bond donors (Lipinski definition) is 1. The van der Waals surface area contributed by atoms with Crippen molar-refractivity contribution in [1.82, 2.24) is 0 Å². The lowest BCUT2D eigenvalue weighted by molar-refractivity contribution is -0.0511. The van der Waals surface area contributed by atoms with Gasteiger partial charge in [0.1, 0.15) is 0 Å². The van der Waals surface area contributed by atoms with Crippen LogP contribution in [-0.2, 0) is 0 Å². The van der Waals surface area contributed by atoms with Crippen LogP contribution < -0.4 is 14.8 Å². The van der Waals surface area contributed by atoms with Gasteiger partial charge in [-0.2, -0.15) is 20.5 Å². The zero-order chi connectivity index (χ0) is 13.0. The zero-order valence-electron chi connectivity index (χ0n) is 9.99. The van der Waals surface area contributed by atoms with Gasteiger partial charge in [-0.05, 0) is 24.3 Å². The van der Waals surface area contributed by atoms with Gasteiger partial charge in [0.15, 0.2) is 11.5 Å². The molecular formula is C12H15F2NO2S. The second-order valence-corrected chi connectivity index (χ2v) is 5.10. The minimum Gasteiger partial charge on any atom is -0.493 e. The van der Waals surface area contributed by atoms with Gasteiger partial charge in [-0.25, -0.2) is 0 Å². The number of rotatable bonds is 5. The molecule has 18 heavy (non-hydrogen) atoms. The first-order chi connectivity index (χ1) is 8.69. The molecule has 1 aromatic carbocycles. The smallest absolute Gasteiger partial charge is 0.387 e. The summed E-state index contributed by atoms with van der Waals surface area (Å²) in [5.74, 6) is 2.54. The highest BCUT2D eigenvalue weighted by atomic mass is 32.2. The Balaban J connectivity index is 2.10. The van der Waals surface area contributed by atoms with Crippen molar-refractivity contribution in [3.8, 4) is 11.5 Å². The minimum absolute atomic E-state index is 0.0585. The molecule has 1 saturated heterocycles. The summed E-state index contributed by atoms with van der Waals surface area (Å²) >= 11 is 1.89. The van der Waals surface area contributed by atoms with Gasteiger partial charge in [-0.3, -0.25) is 0 Å². The van der Waals surface area contributed by atoms with E-state index in [9.17, 15) is 8.78 Å². The fourth-order valence-corrected chi connectivity index (χ4v) is 2.99. The third-order valence-electron chi connectivity index (χ3n) is 2.68.